The maximum atomic E-state index is 2.47. The van der Waals surface area contributed by atoms with Gasteiger partial charge in [0.1, 0.15) is 0 Å². The summed E-state index contributed by atoms with van der Waals surface area (Å²) in [7, 11) is 0. The van der Waals surface area contributed by atoms with Gasteiger partial charge in [-0.05, 0) is 271 Å². The smallest absolute Gasteiger partial charge is 0.00926 e. The summed E-state index contributed by atoms with van der Waals surface area (Å²) < 4.78 is 0. The predicted octanol–water partition coefficient (Wildman–Crippen LogP) is 30.5. The molecule has 19 rings (SSSR count). The molecule has 0 bridgehead atoms. The van der Waals surface area contributed by atoms with Gasteiger partial charge in [0.15, 0.2) is 0 Å². The van der Waals surface area contributed by atoms with Gasteiger partial charge in [-0.2, -0.15) is 0 Å². The van der Waals surface area contributed by atoms with E-state index in [1.807, 2.05) is 83.1 Å². The molecule has 16 aromatic carbocycles. The zero-order valence-corrected chi connectivity index (χ0v) is 61.2. The van der Waals surface area contributed by atoms with Crippen molar-refractivity contribution in [1.29, 1.82) is 0 Å². The quantitative estimate of drug-likeness (QED) is 0.146. The van der Waals surface area contributed by atoms with Gasteiger partial charge in [-0.15, -0.1) is 0 Å². The second kappa shape index (κ2) is 30.8. The van der Waals surface area contributed by atoms with Crippen molar-refractivity contribution < 1.29 is 0 Å². The molecule has 16 aromatic rings. The van der Waals surface area contributed by atoms with Crippen molar-refractivity contribution in [2.75, 3.05) is 0 Å². The first kappa shape index (κ1) is 68.8. The highest BCUT2D eigenvalue weighted by atomic mass is 14.3. The molecule has 0 fully saturated rings. The third-order valence-corrected chi connectivity index (χ3v) is 19.7. The van der Waals surface area contributed by atoms with Crippen LogP contribution in [0.25, 0.3) is 166 Å². The highest BCUT2D eigenvalue weighted by molar-refractivity contribution is 6.18. The lowest BCUT2D eigenvalue weighted by Crippen LogP contribution is -1.91. The van der Waals surface area contributed by atoms with E-state index in [2.05, 4.69) is 328 Å². The van der Waals surface area contributed by atoms with Gasteiger partial charge in [0.2, 0.25) is 0 Å². The Morgan fingerprint density at radius 3 is 0.618 bits per heavy atom. The maximum Gasteiger partial charge on any atom is -0.00926 e. The fourth-order valence-electron chi connectivity index (χ4n) is 15.5. The van der Waals surface area contributed by atoms with Gasteiger partial charge in [-0.25, -0.2) is 0 Å². The Hall–Kier alpha value is -11.7. The Balaban J connectivity index is 0.000000738. The van der Waals surface area contributed by atoms with Gasteiger partial charge in [0.05, 0.1) is 0 Å². The molecule has 0 aliphatic heterocycles. The SMILES string of the molecule is C(=C1/c2ccccc2-c2ccc(-c3cc(-c4ccc5c(c4)/C(=C/c4cc6ccccc6c6ccccc46)c4ccccc4-5)cc(-c4ccc5c(c4)/C(=C/c4cc6ccccc6c6ccccc46)c4ccccc4-5)c3)cc21)/c1cc2ccccc2c2ccccc12.CC.CC.CC.CC.CC.CC. The van der Waals surface area contributed by atoms with Gasteiger partial charge in [-0.3, -0.25) is 0 Å². The molecule has 0 aromatic heterocycles. The normalized spacial score (nSPS) is 12.8. The first-order valence-corrected chi connectivity index (χ1v) is 37.4. The topological polar surface area (TPSA) is 0 Å². The third-order valence-electron chi connectivity index (χ3n) is 19.7. The molecule has 0 N–H and O–H groups in total. The fraction of sp³-hybridized carbons (Fsp3) is 0.118. The lowest BCUT2D eigenvalue weighted by atomic mass is 9.89. The van der Waals surface area contributed by atoms with Crippen molar-refractivity contribution in [1.82, 2.24) is 0 Å². The van der Waals surface area contributed by atoms with Crippen molar-refractivity contribution >= 4 is 99.6 Å². The molecule has 0 saturated carbocycles. The average molecular weight is 1320 g/mol. The molecule has 0 heterocycles. The highest BCUT2D eigenvalue weighted by Crippen LogP contribution is 2.52. The molecule has 0 saturated heterocycles. The summed E-state index contributed by atoms with van der Waals surface area (Å²) in [6.07, 6.45) is 7.36. The van der Waals surface area contributed by atoms with E-state index in [9.17, 15) is 0 Å². The van der Waals surface area contributed by atoms with Gasteiger partial charge < -0.3 is 0 Å². The maximum absolute atomic E-state index is 2.47. The summed E-state index contributed by atoms with van der Waals surface area (Å²) in [5, 5.41) is 15.1. The van der Waals surface area contributed by atoms with E-state index in [0.29, 0.717) is 0 Å². The lowest BCUT2D eigenvalue weighted by molar-refractivity contribution is 1.50. The molecule has 498 valence electrons. The third kappa shape index (κ3) is 12.3. The second-order valence-corrected chi connectivity index (χ2v) is 24.6. The van der Waals surface area contributed by atoms with Crippen molar-refractivity contribution in [2.24, 2.45) is 0 Å². The van der Waals surface area contributed by atoms with Crippen LogP contribution in [0.1, 0.15) is 133 Å². The van der Waals surface area contributed by atoms with Crippen LogP contribution in [0.2, 0.25) is 0 Å². The summed E-state index contributed by atoms with van der Waals surface area (Å²) in [6, 6.07) is 116. The zero-order chi connectivity index (χ0) is 71.0. The average Bonchev–Trinajstić information content (AvgIpc) is 1.48. The molecular weight excluding hydrogens is 1230 g/mol. The zero-order valence-electron chi connectivity index (χ0n) is 61.2. The van der Waals surface area contributed by atoms with Crippen LogP contribution in [-0.2, 0) is 0 Å². The Morgan fingerprint density at radius 1 is 0.147 bits per heavy atom. The number of benzene rings is 16. The predicted molar refractivity (Wildman–Crippen MR) is 452 cm³/mol. The summed E-state index contributed by atoms with van der Waals surface area (Å²) in [6.45, 7) is 24.0. The molecule has 0 amide bonds. The molecule has 3 aliphatic carbocycles. The van der Waals surface area contributed by atoms with E-state index in [1.54, 1.807) is 0 Å². The van der Waals surface area contributed by atoms with Crippen molar-refractivity contribution in [3.8, 4) is 66.8 Å². The lowest BCUT2D eigenvalue weighted by Gasteiger charge is -2.15. The molecule has 0 radical (unpaired) electrons. The molecule has 3 aliphatic rings. The van der Waals surface area contributed by atoms with E-state index in [4.69, 9.17) is 0 Å². The van der Waals surface area contributed by atoms with Gasteiger partial charge in [-0.1, -0.05) is 338 Å². The van der Waals surface area contributed by atoms with Gasteiger partial charge >= 0.3 is 0 Å². The Kier molecular flexibility index (Phi) is 20.8. The van der Waals surface area contributed by atoms with Crippen LogP contribution < -0.4 is 0 Å². The number of hydrogen-bond acceptors (Lipinski definition) is 0. The largest absolute Gasteiger partial charge is 0.0683 e. The fourth-order valence-corrected chi connectivity index (χ4v) is 15.5. The minimum absolute atomic E-state index is 1.17. The van der Waals surface area contributed by atoms with Crippen LogP contribution in [0, 0.1) is 0 Å². The molecule has 0 spiro atoms. The molecular formula is C102H90. The van der Waals surface area contributed by atoms with E-state index in [1.165, 1.54) is 198 Å². The molecule has 0 nitrogen and oxygen atoms in total. The summed E-state index contributed by atoms with van der Waals surface area (Å²) in [5.74, 6) is 0. The second-order valence-electron chi connectivity index (χ2n) is 24.6. The monoisotopic (exact) mass is 1310 g/mol. The highest BCUT2D eigenvalue weighted by Gasteiger charge is 2.29. The van der Waals surface area contributed by atoms with Crippen molar-refractivity contribution in [2.45, 2.75) is 83.1 Å². The Bertz CT molecular complexity index is 5310. The van der Waals surface area contributed by atoms with Crippen LogP contribution in [0.4, 0.5) is 0 Å². The van der Waals surface area contributed by atoms with Crippen LogP contribution in [0.3, 0.4) is 0 Å². The van der Waals surface area contributed by atoms with E-state index in [-0.39, 0.29) is 0 Å². The molecule has 102 heavy (non-hydrogen) atoms. The first-order chi connectivity index (χ1) is 50.6. The Labute approximate surface area is 605 Å². The van der Waals surface area contributed by atoms with E-state index < -0.39 is 0 Å². The minimum Gasteiger partial charge on any atom is -0.0683 e. The Morgan fingerprint density at radius 2 is 0.353 bits per heavy atom. The standard InChI is InChI=1S/C90H54.6C2H6/c1-4-22-67-58(19-1)43-64(70-25-7-10-28-73(67)70)52-88-79-34-16-13-31-76(79)82-40-37-55(49-85(82)88)61-46-62(56-38-41-83-77-32-14-17-35-80(77)89(86(83)50-56)53-65-44-59-20-2-5-23-68(59)74-29-11-8-26-71(65)74)48-63(47-61)57-39-42-84-78-33-15-18-36-81(78)90(87(84)51-57)54-66-45-60-21-3-6-24-69(60)75-30-12-9-27-72(66)75;6*1-2/h1-54H;6*1-2H3/b88-52+,89-53+,90-54+;;;;;;. The van der Waals surface area contributed by atoms with Crippen molar-refractivity contribution in [3.63, 3.8) is 0 Å². The number of fused-ring (bicyclic) bond motifs is 18. The summed E-state index contributed by atoms with van der Waals surface area (Å²) in [4.78, 5) is 0. The first-order valence-electron chi connectivity index (χ1n) is 37.4. The van der Waals surface area contributed by atoms with E-state index >= 15 is 0 Å². The van der Waals surface area contributed by atoms with Gasteiger partial charge in [0.25, 0.3) is 0 Å². The van der Waals surface area contributed by atoms with Crippen LogP contribution in [-0.4, -0.2) is 0 Å². The summed E-state index contributed by atoms with van der Waals surface area (Å²) in [5.41, 5.74) is 29.5. The van der Waals surface area contributed by atoms with Crippen LogP contribution >= 0.6 is 0 Å². The number of rotatable bonds is 6. The van der Waals surface area contributed by atoms with Gasteiger partial charge in [0, 0.05) is 0 Å². The summed E-state index contributed by atoms with van der Waals surface area (Å²) >= 11 is 0. The van der Waals surface area contributed by atoms with E-state index in [0.717, 1.165) is 0 Å². The number of hydrogen-bond donors (Lipinski definition) is 0. The van der Waals surface area contributed by atoms with Crippen LogP contribution in [0.5, 0.6) is 0 Å². The van der Waals surface area contributed by atoms with Crippen LogP contribution in [0.15, 0.2) is 309 Å². The van der Waals surface area contributed by atoms with Crippen molar-refractivity contribution in [3.05, 3.63) is 359 Å². The molecule has 0 unspecified atom stereocenters. The molecule has 0 heteroatoms. The molecule has 0 atom stereocenters. The minimum atomic E-state index is 1.17.